The second-order valence-corrected chi connectivity index (χ2v) is 22.1. The molecular weight excluding hydrogens is 766 g/mol. The first-order valence-electron chi connectivity index (χ1n) is 12.6. The van der Waals surface area contributed by atoms with Crippen molar-refractivity contribution in [2.45, 2.75) is 85.0 Å². The second-order valence-electron chi connectivity index (χ2n) is 8.41. The lowest BCUT2D eigenvalue weighted by Crippen LogP contribution is -2.19. The molecule has 0 heterocycles. The van der Waals surface area contributed by atoms with E-state index in [0.29, 0.717) is 37.6 Å². The summed E-state index contributed by atoms with van der Waals surface area (Å²) < 4.78 is 48.9. The van der Waals surface area contributed by atoms with Crippen molar-refractivity contribution in [3.63, 3.8) is 0 Å². The molecule has 1 aromatic carbocycles. The summed E-state index contributed by atoms with van der Waals surface area (Å²) in [5.41, 5.74) is 1.18. The average Bonchev–Trinajstić information content (AvgIpc) is 2.84. The molecule has 0 saturated heterocycles. The normalized spacial score (nSPS) is 13.3. The summed E-state index contributed by atoms with van der Waals surface area (Å²) in [6.45, 7) is 9.41. The van der Waals surface area contributed by atoms with E-state index >= 15 is 0 Å². The molecule has 0 fully saturated rings. The standard InChI is InChI=1S/C24H40Br4O6P2/c1-5-9-16-31-35(29,32-17-10-6-2)23(25,26)21-14-13-15-22(20-21)24(27,28)36(30,33-18-11-7-3)34-19-12-8-4/h13-15,20H,5-12,16-19H2,1-4H3. The Labute approximate surface area is 251 Å². The van der Waals surface area contributed by atoms with Gasteiger partial charge in [0.1, 0.15) is 0 Å². The van der Waals surface area contributed by atoms with Crippen LogP contribution >= 0.6 is 78.9 Å². The van der Waals surface area contributed by atoms with Crippen molar-refractivity contribution in [2.24, 2.45) is 0 Å². The molecule has 0 atom stereocenters. The van der Waals surface area contributed by atoms with Gasteiger partial charge < -0.3 is 18.1 Å². The molecule has 6 nitrogen and oxygen atoms in total. The number of benzene rings is 1. The zero-order chi connectivity index (χ0) is 27.3. The fourth-order valence-corrected chi connectivity index (χ4v) is 9.55. The number of halogens is 4. The van der Waals surface area contributed by atoms with Crippen LogP contribution in [-0.4, -0.2) is 26.4 Å². The van der Waals surface area contributed by atoms with Gasteiger partial charge >= 0.3 is 15.2 Å². The molecule has 0 aromatic heterocycles. The van der Waals surface area contributed by atoms with Crippen molar-refractivity contribution in [3.8, 4) is 0 Å². The molecule has 0 aliphatic heterocycles. The van der Waals surface area contributed by atoms with Crippen molar-refractivity contribution in [1.82, 2.24) is 0 Å². The Balaban J connectivity index is 3.41. The first-order chi connectivity index (χ1) is 17.0. The van der Waals surface area contributed by atoms with E-state index in [-0.39, 0.29) is 0 Å². The zero-order valence-corrected chi connectivity index (χ0v) is 29.8. The molecule has 210 valence electrons. The van der Waals surface area contributed by atoms with Gasteiger partial charge in [-0.05, 0) is 42.9 Å². The van der Waals surface area contributed by atoms with Gasteiger partial charge in [0.15, 0.2) is 0 Å². The van der Waals surface area contributed by atoms with Crippen LogP contribution in [0.4, 0.5) is 0 Å². The van der Waals surface area contributed by atoms with Crippen LogP contribution in [0.25, 0.3) is 0 Å². The first-order valence-corrected chi connectivity index (χ1v) is 18.9. The van der Waals surface area contributed by atoms with Crippen molar-refractivity contribution >= 4 is 78.9 Å². The molecule has 36 heavy (non-hydrogen) atoms. The van der Waals surface area contributed by atoms with Crippen LogP contribution in [0.2, 0.25) is 0 Å². The number of hydrogen-bond acceptors (Lipinski definition) is 6. The summed E-state index contributed by atoms with van der Waals surface area (Å²) in [5, 5.41) is 0. The van der Waals surface area contributed by atoms with Crippen LogP contribution in [0.5, 0.6) is 0 Å². The maximum atomic E-state index is 14.0. The topological polar surface area (TPSA) is 71.1 Å². The molecule has 1 rings (SSSR count). The Morgan fingerprint density at radius 3 is 1.14 bits per heavy atom. The van der Waals surface area contributed by atoms with Crippen LogP contribution in [-0.2, 0) is 33.2 Å². The third-order valence-electron chi connectivity index (χ3n) is 5.28. The summed E-state index contributed by atoms with van der Waals surface area (Å²) in [6.07, 6.45) is 6.67. The number of hydrogen-bond donors (Lipinski definition) is 0. The van der Waals surface area contributed by atoms with Gasteiger partial charge in [0.25, 0.3) is 0 Å². The first kappa shape index (κ1) is 35.5. The predicted octanol–water partition coefficient (Wildman–Crippen LogP) is 11.1. The highest BCUT2D eigenvalue weighted by atomic mass is 79.9. The Hall–Kier alpha value is 1.44. The minimum absolute atomic E-state index is 0.311. The van der Waals surface area contributed by atoms with E-state index in [1.807, 2.05) is 39.8 Å². The van der Waals surface area contributed by atoms with Crippen LogP contribution < -0.4 is 0 Å². The Morgan fingerprint density at radius 1 is 0.611 bits per heavy atom. The number of rotatable bonds is 20. The third kappa shape index (κ3) is 9.82. The lowest BCUT2D eigenvalue weighted by Gasteiger charge is -2.33. The van der Waals surface area contributed by atoms with Gasteiger partial charge in [0.05, 0.1) is 26.4 Å². The Kier molecular flexibility index (Phi) is 17.0. The molecule has 12 heteroatoms. The molecule has 0 aliphatic rings. The van der Waals surface area contributed by atoms with Crippen LogP contribution in [0, 0.1) is 0 Å². The van der Waals surface area contributed by atoms with E-state index in [9.17, 15) is 9.13 Å². The Bertz CT molecular complexity index is 776. The smallest absolute Gasteiger partial charge is 0.307 e. The van der Waals surface area contributed by atoms with Crippen molar-refractivity contribution in [2.75, 3.05) is 26.4 Å². The van der Waals surface area contributed by atoms with E-state index < -0.39 is 21.1 Å². The van der Waals surface area contributed by atoms with Gasteiger partial charge in [-0.2, -0.15) is 0 Å². The van der Waals surface area contributed by atoms with Gasteiger partial charge in [0, 0.05) is 0 Å². The maximum Gasteiger partial charge on any atom is 0.362 e. The van der Waals surface area contributed by atoms with Gasteiger partial charge in [-0.1, -0.05) is 135 Å². The van der Waals surface area contributed by atoms with E-state index in [1.54, 1.807) is 12.1 Å². The van der Waals surface area contributed by atoms with E-state index in [1.165, 1.54) is 0 Å². The second kappa shape index (κ2) is 17.3. The van der Waals surface area contributed by atoms with Crippen LogP contribution in [0.3, 0.4) is 0 Å². The summed E-state index contributed by atoms with van der Waals surface area (Å²) >= 11 is 14.4. The van der Waals surface area contributed by atoms with Gasteiger partial charge in [-0.15, -0.1) is 0 Å². The monoisotopic (exact) mass is 802 g/mol. The molecule has 0 aliphatic carbocycles. The predicted molar refractivity (Wildman–Crippen MR) is 164 cm³/mol. The number of unbranched alkanes of at least 4 members (excludes halogenated alkanes) is 4. The lowest BCUT2D eigenvalue weighted by molar-refractivity contribution is 0.196. The minimum Gasteiger partial charge on any atom is -0.307 e. The lowest BCUT2D eigenvalue weighted by atomic mass is 10.2. The summed E-state index contributed by atoms with van der Waals surface area (Å²) in [6, 6.07) is 7.20. The van der Waals surface area contributed by atoms with Gasteiger partial charge in [-0.3, -0.25) is 9.13 Å². The largest absolute Gasteiger partial charge is 0.362 e. The third-order valence-corrected chi connectivity index (χ3v) is 16.3. The number of alkyl halides is 4. The van der Waals surface area contributed by atoms with Crippen molar-refractivity contribution < 1.29 is 27.2 Å². The molecule has 0 N–H and O–H groups in total. The quantitative estimate of drug-likeness (QED) is 0.0743. The summed E-state index contributed by atoms with van der Waals surface area (Å²) in [5.74, 6) is 0. The van der Waals surface area contributed by atoms with Crippen molar-refractivity contribution in [3.05, 3.63) is 35.4 Å². The fraction of sp³-hybridized carbons (Fsp3) is 0.750. The van der Waals surface area contributed by atoms with E-state index in [0.717, 1.165) is 51.4 Å². The molecule has 0 spiro atoms. The maximum absolute atomic E-state index is 14.0. The SMILES string of the molecule is CCCCOP(=O)(OCCCC)C(Br)(Br)c1cccc(C(Br)(Br)P(=O)(OCCCC)OCCCC)c1. The highest BCUT2D eigenvalue weighted by molar-refractivity contribution is 9.26. The molecular formula is C24H40Br4O6P2. The van der Waals surface area contributed by atoms with Gasteiger partial charge in [0.2, 0.25) is 5.95 Å². The minimum atomic E-state index is -3.69. The molecule has 0 bridgehead atoms. The van der Waals surface area contributed by atoms with E-state index in [2.05, 4.69) is 63.7 Å². The summed E-state index contributed by atoms with van der Waals surface area (Å²) in [4.78, 5) is 0. The Morgan fingerprint density at radius 2 is 0.889 bits per heavy atom. The molecule has 0 saturated carbocycles. The van der Waals surface area contributed by atoms with Crippen molar-refractivity contribution in [1.29, 1.82) is 0 Å². The summed E-state index contributed by atoms with van der Waals surface area (Å²) in [7, 11) is -7.38. The molecule has 1 aromatic rings. The fourth-order valence-electron chi connectivity index (χ4n) is 2.92. The van der Waals surface area contributed by atoms with Crippen LogP contribution in [0.1, 0.15) is 90.2 Å². The molecule has 0 amide bonds. The average molecular weight is 806 g/mol. The van der Waals surface area contributed by atoms with Gasteiger partial charge in [-0.25, -0.2) is 0 Å². The van der Waals surface area contributed by atoms with Crippen LogP contribution in [0.15, 0.2) is 24.3 Å². The highest BCUT2D eigenvalue weighted by Crippen LogP contribution is 2.74. The van der Waals surface area contributed by atoms with E-state index in [4.69, 9.17) is 18.1 Å². The highest BCUT2D eigenvalue weighted by Gasteiger charge is 2.52. The molecule has 0 unspecified atom stereocenters. The zero-order valence-electron chi connectivity index (χ0n) is 21.7. The molecule has 0 radical (unpaired) electrons.